The molecule has 1 aliphatic heterocycles. The normalized spacial score (nSPS) is 21.2. The van der Waals surface area contributed by atoms with Gasteiger partial charge in [-0.25, -0.2) is 0 Å². The van der Waals surface area contributed by atoms with Crippen molar-refractivity contribution in [3.8, 4) is 0 Å². The summed E-state index contributed by atoms with van der Waals surface area (Å²) in [6, 6.07) is 8.17. The van der Waals surface area contributed by atoms with Gasteiger partial charge in [0.25, 0.3) is 0 Å². The van der Waals surface area contributed by atoms with Crippen LogP contribution in [0, 0.1) is 0 Å². The molecule has 4 heteroatoms. The van der Waals surface area contributed by atoms with Crippen LogP contribution in [0.15, 0.2) is 30.3 Å². The Balaban J connectivity index is 2.14. The smallest absolute Gasteiger partial charge is 0.399 e. The van der Waals surface area contributed by atoms with E-state index in [0.29, 0.717) is 5.88 Å². The number of halogens is 1. The molecule has 1 heterocycles. The second-order valence-corrected chi connectivity index (χ2v) is 6.12. The van der Waals surface area contributed by atoms with E-state index >= 15 is 0 Å². The van der Waals surface area contributed by atoms with Crippen molar-refractivity contribution in [2.75, 3.05) is 5.88 Å². The largest absolute Gasteiger partial charge is 0.494 e. The fourth-order valence-electron chi connectivity index (χ4n) is 1.92. The minimum atomic E-state index is -0.297. The molecule has 1 fully saturated rings. The first kappa shape index (κ1) is 14.6. The number of hydrogen-bond donors (Lipinski definition) is 0. The monoisotopic (exact) mass is 278 g/mol. The number of allylic oxidation sites excluding steroid dienone is 1. The van der Waals surface area contributed by atoms with Gasteiger partial charge in [-0.2, -0.15) is 0 Å². The van der Waals surface area contributed by atoms with Crippen molar-refractivity contribution >= 4 is 30.3 Å². The maximum atomic E-state index is 6.01. The highest BCUT2D eigenvalue weighted by Gasteiger charge is 2.51. The van der Waals surface area contributed by atoms with Gasteiger partial charge in [0, 0.05) is 5.88 Å². The number of alkyl halides is 1. The molecular weight excluding hydrogens is 258 g/mol. The Morgan fingerprint density at radius 2 is 1.58 bits per heavy atom. The van der Waals surface area contributed by atoms with Crippen LogP contribution in [0.3, 0.4) is 0 Å². The molecule has 102 valence electrons. The SMILES string of the molecule is CC1(C)OB(c2ccc(C=CCCl)cc2)OC1(C)C. The Bertz CT molecular complexity index is 450. The van der Waals surface area contributed by atoms with Crippen LogP contribution in [0.2, 0.25) is 0 Å². The Kier molecular flexibility index (Phi) is 4.10. The summed E-state index contributed by atoms with van der Waals surface area (Å²) in [5.74, 6) is 0.527. The van der Waals surface area contributed by atoms with Crippen LogP contribution in [0.25, 0.3) is 6.08 Å². The highest BCUT2D eigenvalue weighted by Crippen LogP contribution is 2.36. The minimum Gasteiger partial charge on any atom is -0.399 e. The molecule has 2 nitrogen and oxygen atoms in total. The average molecular weight is 279 g/mol. The molecule has 0 bridgehead atoms. The Labute approximate surface area is 120 Å². The fraction of sp³-hybridized carbons (Fsp3) is 0.467. The van der Waals surface area contributed by atoms with Crippen molar-refractivity contribution in [3.05, 3.63) is 35.9 Å². The third-order valence-corrected chi connectivity index (χ3v) is 4.04. The van der Waals surface area contributed by atoms with Gasteiger partial charge in [-0.05, 0) is 38.7 Å². The van der Waals surface area contributed by atoms with E-state index in [1.54, 1.807) is 0 Å². The zero-order chi connectivity index (χ0) is 14.1. The highest BCUT2D eigenvalue weighted by molar-refractivity contribution is 6.62. The van der Waals surface area contributed by atoms with E-state index in [0.717, 1.165) is 11.0 Å². The molecule has 1 aromatic carbocycles. The van der Waals surface area contributed by atoms with Gasteiger partial charge in [0.05, 0.1) is 11.2 Å². The van der Waals surface area contributed by atoms with E-state index in [1.807, 2.05) is 36.4 Å². The number of hydrogen-bond acceptors (Lipinski definition) is 2. The summed E-state index contributed by atoms with van der Waals surface area (Å²) in [7, 11) is -0.295. The molecule has 0 aromatic heterocycles. The summed E-state index contributed by atoms with van der Waals surface area (Å²) in [6.45, 7) is 8.24. The third-order valence-electron chi connectivity index (χ3n) is 3.86. The molecule has 0 aliphatic carbocycles. The van der Waals surface area contributed by atoms with Crippen LogP contribution >= 0.6 is 11.6 Å². The first-order valence-corrected chi connectivity index (χ1v) is 7.07. The van der Waals surface area contributed by atoms with Gasteiger partial charge < -0.3 is 9.31 Å². The summed E-state index contributed by atoms with van der Waals surface area (Å²) < 4.78 is 12.0. The molecular formula is C15H20BClO2. The molecule has 1 aliphatic rings. The summed E-state index contributed by atoms with van der Waals surface area (Å²) in [6.07, 6.45) is 3.92. The zero-order valence-electron chi connectivity index (χ0n) is 11.9. The summed E-state index contributed by atoms with van der Waals surface area (Å²) >= 11 is 5.62. The molecule has 2 rings (SSSR count). The first-order valence-electron chi connectivity index (χ1n) is 6.54. The Morgan fingerprint density at radius 3 is 2.05 bits per heavy atom. The molecule has 0 amide bonds. The fourth-order valence-corrected chi connectivity index (χ4v) is 2.01. The molecule has 1 saturated heterocycles. The Morgan fingerprint density at radius 1 is 1.05 bits per heavy atom. The third kappa shape index (κ3) is 3.05. The van der Waals surface area contributed by atoms with E-state index in [2.05, 4.69) is 27.7 Å². The highest BCUT2D eigenvalue weighted by atomic mass is 35.5. The van der Waals surface area contributed by atoms with E-state index in [1.165, 1.54) is 0 Å². The molecule has 0 saturated carbocycles. The van der Waals surface area contributed by atoms with E-state index in [4.69, 9.17) is 20.9 Å². The standard InChI is InChI=1S/C15H20BClO2/c1-14(2)15(3,4)19-16(18-14)13-9-7-12(8-10-13)6-5-11-17/h5-10H,11H2,1-4H3. The molecule has 0 N–H and O–H groups in total. The Hall–Kier alpha value is -0.765. The van der Waals surface area contributed by atoms with Crippen molar-refractivity contribution in [1.82, 2.24) is 0 Å². The topological polar surface area (TPSA) is 18.5 Å². The van der Waals surface area contributed by atoms with E-state index in [-0.39, 0.29) is 18.3 Å². The summed E-state index contributed by atoms with van der Waals surface area (Å²) in [5, 5.41) is 0. The molecule has 0 radical (unpaired) electrons. The van der Waals surface area contributed by atoms with Crippen LogP contribution in [-0.2, 0) is 9.31 Å². The lowest BCUT2D eigenvalue weighted by Gasteiger charge is -2.32. The molecule has 19 heavy (non-hydrogen) atoms. The molecule has 0 spiro atoms. The van der Waals surface area contributed by atoms with Gasteiger partial charge in [-0.1, -0.05) is 36.4 Å². The number of benzene rings is 1. The van der Waals surface area contributed by atoms with E-state index in [9.17, 15) is 0 Å². The van der Waals surface area contributed by atoms with Crippen molar-refractivity contribution in [1.29, 1.82) is 0 Å². The maximum absolute atomic E-state index is 6.01. The van der Waals surface area contributed by atoms with Crippen LogP contribution in [0.4, 0.5) is 0 Å². The second kappa shape index (κ2) is 5.32. The van der Waals surface area contributed by atoms with Crippen LogP contribution in [0.5, 0.6) is 0 Å². The van der Waals surface area contributed by atoms with Crippen molar-refractivity contribution < 1.29 is 9.31 Å². The van der Waals surface area contributed by atoms with Crippen molar-refractivity contribution in [2.24, 2.45) is 0 Å². The van der Waals surface area contributed by atoms with Gasteiger partial charge in [0.2, 0.25) is 0 Å². The lowest BCUT2D eigenvalue weighted by atomic mass is 9.79. The van der Waals surface area contributed by atoms with Crippen molar-refractivity contribution in [3.63, 3.8) is 0 Å². The summed E-state index contributed by atoms with van der Waals surface area (Å²) in [5.41, 5.74) is 1.58. The van der Waals surface area contributed by atoms with Crippen LogP contribution < -0.4 is 5.46 Å². The molecule has 0 unspecified atom stereocenters. The van der Waals surface area contributed by atoms with Crippen molar-refractivity contribution in [2.45, 2.75) is 38.9 Å². The van der Waals surface area contributed by atoms with Crippen LogP contribution in [0.1, 0.15) is 33.3 Å². The van der Waals surface area contributed by atoms with Gasteiger partial charge in [0.15, 0.2) is 0 Å². The predicted molar refractivity (Wildman–Crippen MR) is 81.9 cm³/mol. The minimum absolute atomic E-state index is 0.295. The summed E-state index contributed by atoms with van der Waals surface area (Å²) in [4.78, 5) is 0. The van der Waals surface area contributed by atoms with E-state index < -0.39 is 0 Å². The maximum Gasteiger partial charge on any atom is 0.494 e. The lowest BCUT2D eigenvalue weighted by Crippen LogP contribution is -2.41. The quantitative estimate of drug-likeness (QED) is 0.624. The first-order chi connectivity index (χ1) is 8.86. The predicted octanol–water partition coefficient (Wildman–Crippen LogP) is 3.24. The van der Waals surface area contributed by atoms with Gasteiger partial charge in [-0.15, -0.1) is 11.6 Å². The average Bonchev–Trinajstić information content (AvgIpc) is 2.56. The lowest BCUT2D eigenvalue weighted by molar-refractivity contribution is 0.00578. The van der Waals surface area contributed by atoms with Crippen LogP contribution in [-0.4, -0.2) is 24.2 Å². The van der Waals surface area contributed by atoms with Gasteiger partial charge in [0.1, 0.15) is 0 Å². The van der Waals surface area contributed by atoms with Gasteiger partial charge in [-0.3, -0.25) is 0 Å². The van der Waals surface area contributed by atoms with Gasteiger partial charge >= 0.3 is 7.12 Å². The number of rotatable bonds is 3. The molecule has 0 atom stereocenters. The zero-order valence-corrected chi connectivity index (χ0v) is 12.7. The molecule has 1 aromatic rings. The second-order valence-electron chi connectivity index (χ2n) is 5.81.